The Morgan fingerprint density at radius 2 is 1.78 bits per heavy atom. The predicted octanol–water partition coefficient (Wildman–Crippen LogP) is 0.194. The summed E-state index contributed by atoms with van der Waals surface area (Å²) in [6, 6.07) is 6.82. The molecular weight excluding hydrogens is 484 g/mol. The maximum absolute atomic E-state index is 12.4. The first kappa shape index (κ1) is 25.0. The van der Waals surface area contributed by atoms with Crippen LogP contribution in [0, 0.1) is 0 Å². The lowest BCUT2D eigenvalue weighted by Gasteiger charge is -2.22. The van der Waals surface area contributed by atoms with Gasteiger partial charge in [0.1, 0.15) is 18.3 Å². The topological polar surface area (TPSA) is 186 Å². The number of nitrogens with one attached hydrogen (secondary N) is 1. The van der Waals surface area contributed by atoms with Crippen LogP contribution in [-0.2, 0) is 9.47 Å². The molecule has 196 valence electrons. The summed E-state index contributed by atoms with van der Waals surface area (Å²) in [5.41, 5.74) is 6.31. The number of aliphatic hydroxyl groups excluding tert-OH is 2. The minimum absolute atomic E-state index is 0.0663. The van der Waals surface area contributed by atoms with Crippen molar-refractivity contribution in [3.05, 3.63) is 52.1 Å². The minimum atomic E-state index is -1.11. The molecule has 2 aliphatic heterocycles. The Kier molecular flexibility index (Phi) is 7.02. The van der Waals surface area contributed by atoms with Gasteiger partial charge in [-0.05, 0) is 25.0 Å². The number of ether oxygens (including phenoxy) is 2. The van der Waals surface area contributed by atoms with Crippen molar-refractivity contribution >= 4 is 28.9 Å². The van der Waals surface area contributed by atoms with E-state index in [1.807, 2.05) is 0 Å². The van der Waals surface area contributed by atoms with Crippen molar-refractivity contribution in [1.82, 2.24) is 24.4 Å². The van der Waals surface area contributed by atoms with Crippen LogP contribution < -0.4 is 11.3 Å². The van der Waals surface area contributed by atoms with Gasteiger partial charge in [0, 0.05) is 13.2 Å². The Labute approximate surface area is 210 Å². The number of nitrogens with zero attached hydrogens (tertiary/aromatic N) is 4. The third-order valence-corrected chi connectivity index (χ3v) is 6.68. The normalized spacial score (nSPS) is 23.4. The zero-order chi connectivity index (χ0) is 26.1. The predicted molar refractivity (Wildman–Crippen MR) is 130 cm³/mol. The second-order valence-electron chi connectivity index (χ2n) is 9.07. The summed E-state index contributed by atoms with van der Waals surface area (Å²) < 4.78 is 13.2. The highest BCUT2D eigenvalue weighted by molar-refractivity contribution is 6.21. The second kappa shape index (κ2) is 10.4. The number of nitrogens with two attached hydrogens (primary N) is 1. The lowest BCUT2D eigenvalue weighted by Crippen LogP contribution is -2.35. The molecule has 5 rings (SSSR count). The van der Waals surface area contributed by atoms with Crippen molar-refractivity contribution in [1.29, 1.82) is 0 Å². The summed E-state index contributed by atoms with van der Waals surface area (Å²) in [5, 5.41) is 20.3. The van der Waals surface area contributed by atoms with Gasteiger partial charge < -0.3 is 25.4 Å². The molecule has 5 N–H and O–H groups in total. The first-order valence-corrected chi connectivity index (χ1v) is 12.1. The second-order valence-corrected chi connectivity index (χ2v) is 9.07. The number of unbranched alkanes of at least 4 members (excludes halogenated alkanes) is 3. The van der Waals surface area contributed by atoms with Crippen LogP contribution in [-0.4, -0.2) is 84.5 Å². The lowest BCUT2D eigenvalue weighted by molar-refractivity contribution is -0.0711. The molecule has 2 aromatic heterocycles. The molecule has 0 bridgehead atoms. The van der Waals surface area contributed by atoms with Crippen LogP contribution in [0.1, 0.15) is 52.6 Å². The van der Waals surface area contributed by atoms with E-state index in [9.17, 15) is 24.6 Å². The van der Waals surface area contributed by atoms with Crippen molar-refractivity contribution in [3.63, 3.8) is 0 Å². The van der Waals surface area contributed by atoms with Gasteiger partial charge in [0.15, 0.2) is 17.4 Å². The summed E-state index contributed by atoms with van der Waals surface area (Å²) in [6.45, 7) is 0.235. The fourth-order valence-electron chi connectivity index (χ4n) is 4.79. The Morgan fingerprint density at radius 1 is 1.08 bits per heavy atom. The van der Waals surface area contributed by atoms with Crippen molar-refractivity contribution in [2.75, 3.05) is 25.5 Å². The minimum Gasteiger partial charge on any atom is -0.394 e. The van der Waals surface area contributed by atoms with E-state index in [0.717, 1.165) is 12.8 Å². The number of carbonyl (C=O) groups excluding carboxylic acids is 2. The van der Waals surface area contributed by atoms with Crippen molar-refractivity contribution in [2.24, 2.45) is 0 Å². The summed E-state index contributed by atoms with van der Waals surface area (Å²) in [5.74, 6) is -0.599. The summed E-state index contributed by atoms with van der Waals surface area (Å²) in [6.07, 6.45) is 0.542. The van der Waals surface area contributed by atoms with E-state index in [-0.39, 0.29) is 28.9 Å². The van der Waals surface area contributed by atoms with Crippen molar-refractivity contribution in [2.45, 2.75) is 50.2 Å². The smallest absolute Gasteiger partial charge is 0.280 e. The summed E-state index contributed by atoms with van der Waals surface area (Å²) >= 11 is 0. The number of imidazole rings is 1. The third-order valence-electron chi connectivity index (χ3n) is 6.68. The molecule has 2 aliphatic rings. The fourth-order valence-corrected chi connectivity index (χ4v) is 4.79. The number of aliphatic hydroxyl groups is 2. The number of imide groups is 1. The Hall–Kier alpha value is -3.65. The Morgan fingerprint density at radius 3 is 2.49 bits per heavy atom. The van der Waals surface area contributed by atoms with Crippen LogP contribution in [0.3, 0.4) is 0 Å². The van der Waals surface area contributed by atoms with Gasteiger partial charge in [0.2, 0.25) is 5.95 Å². The van der Waals surface area contributed by atoms with E-state index in [2.05, 4.69) is 15.0 Å². The van der Waals surface area contributed by atoms with Gasteiger partial charge in [0.05, 0.1) is 24.1 Å². The third kappa shape index (κ3) is 4.62. The first-order valence-electron chi connectivity index (χ1n) is 12.1. The summed E-state index contributed by atoms with van der Waals surface area (Å²) in [4.78, 5) is 48.9. The number of amides is 2. The molecule has 13 nitrogen and oxygen atoms in total. The van der Waals surface area contributed by atoms with Gasteiger partial charge in [-0.3, -0.25) is 28.8 Å². The molecule has 37 heavy (non-hydrogen) atoms. The number of carbonyl (C=O) groups is 2. The van der Waals surface area contributed by atoms with E-state index < -0.39 is 36.7 Å². The largest absolute Gasteiger partial charge is 0.394 e. The van der Waals surface area contributed by atoms with Gasteiger partial charge in [-0.15, -0.1) is 0 Å². The molecule has 1 saturated heterocycles. The maximum atomic E-state index is 12.4. The molecular formula is C24H28N6O7. The lowest BCUT2D eigenvalue weighted by atomic mass is 10.1. The highest BCUT2D eigenvalue weighted by atomic mass is 16.6. The van der Waals surface area contributed by atoms with Gasteiger partial charge in [-0.25, -0.2) is 4.98 Å². The molecule has 3 aromatic rings. The van der Waals surface area contributed by atoms with Crippen LogP contribution in [0.5, 0.6) is 0 Å². The van der Waals surface area contributed by atoms with E-state index in [1.54, 1.807) is 24.3 Å². The van der Waals surface area contributed by atoms with E-state index in [1.165, 1.54) is 15.8 Å². The number of H-pyrrole nitrogens is 1. The summed E-state index contributed by atoms with van der Waals surface area (Å²) in [7, 11) is 0. The number of hydrogen-bond acceptors (Lipinski definition) is 10. The van der Waals surface area contributed by atoms with Crippen LogP contribution >= 0.6 is 0 Å². The first-order chi connectivity index (χ1) is 17.9. The van der Waals surface area contributed by atoms with Crippen molar-refractivity contribution < 1.29 is 29.3 Å². The van der Waals surface area contributed by atoms with Crippen LogP contribution in [0.2, 0.25) is 0 Å². The quantitative estimate of drug-likeness (QED) is 0.216. The maximum Gasteiger partial charge on any atom is 0.280 e. The standard InChI is InChI=1S/C24H28N6O7/c25-24-27-19-16(20(33)28-24)26-12-30(19)23-18(17(32)15(11-31)37-23)36-10-6-2-1-5-9-29-21(34)13-7-3-4-8-14(13)22(29)35/h3-4,7-8,12,15,17-18,23,31-32H,1-2,5-6,9-11H2,(H3,25,27,28,33)/t15-,17?,18+,23-/m1/s1. The SMILES string of the molecule is Nc1nc2c(ncn2[C@@H]2O[C@H](CO)C(O)[C@@H]2OCCCCCCN2C(=O)c3ccccc3C2=O)c(=O)[nH]1. The zero-order valence-corrected chi connectivity index (χ0v) is 19.9. The van der Waals surface area contributed by atoms with Crippen LogP contribution in [0.4, 0.5) is 5.95 Å². The molecule has 1 fully saturated rings. The average Bonchev–Trinajstić information content (AvgIpc) is 3.52. The number of aromatic amines is 1. The molecule has 0 spiro atoms. The average molecular weight is 513 g/mol. The molecule has 4 heterocycles. The Bertz CT molecular complexity index is 1340. The van der Waals surface area contributed by atoms with Gasteiger partial charge >= 0.3 is 0 Å². The monoisotopic (exact) mass is 512 g/mol. The molecule has 1 aromatic carbocycles. The van der Waals surface area contributed by atoms with Gasteiger partial charge in [-0.1, -0.05) is 25.0 Å². The number of nitrogen functional groups attached to an aromatic ring is 1. The fraction of sp³-hybridized carbons (Fsp3) is 0.458. The van der Waals surface area contributed by atoms with Crippen LogP contribution in [0.15, 0.2) is 35.4 Å². The van der Waals surface area contributed by atoms with Crippen LogP contribution in [0.25, 0.3) is 11.2 Å². The van der Waals surface area contributed by atoms with E-state index in [0.29, 0.717) is 37.1 Å². The molecule has 4 atom stereocenters. The molecule has 13 heteroatoms. The number of anilines is 1. The van der Waals surface area contributed by atoms with Crippen molar-refractivity contribution in [3.8, 4) is 0 Å². The number of fused-ring (bicyclic) bond motifs is 2. The molecule has 0 aliphatic carbocycles. The number of rotatable bonds is 10. The van der Waals surface area contributed by atoms with E-state index in [4.69, 9.17) is 15.2 Å². The zero-order valence-electron chi connectivity index (χ0n) is 19.9. The highest BCUT2D eigenvalue weighted by Gasteiger charge is 2.46. The van der Waals surface area contributed by atoms with Gasteiger partial charge in [-0.2, -0.15) is 4.98 Å². The Balaban J connectivity index is 1.13. The van der Waals surface area contributed by atoms with Gasteiger partial charge in [0.25, 0.3) is 17.4 Å². The number of hydrogen-bond donors (Lipinski definition) is 4. The highest BCUT2D eigenvalue weighted by Crippen LogP contribution is 2.33. The molecule has 0 saturated carbocycles. The van der Waals surface area contributed by atoms with E-state index >= 15 is 0 Å². The molecule has 1 unspecified atom stereocenters. The molecule has 0 radical (unpaired) electrons. The molecule has 2 amide bonds. The number of benzene rings is 1. The number of aromatic nitrogens is 4.